The van der Waals surface area contributed by atoms with Crippen LogP contribution >= 0.6 is 35.3 Å². The summed E-state index contributed by atoms with van der Waals surface area (Å²) >= 11 is 4.59. The Bertz CT molecular complexity index is 1150. The highest BCUT2D eigenvalue weighted by molar-refractivity contribution is 8.18. The third-order valence-electron chi connectivity index (χ3n) is 5.44. The number of hydrogen-bond acceptors (Lipinski definition) is 9. The Morgan fingerprint density at radius 2 is 1.82 bits per heavy atom. The molecule has 8 nitrogen and oxygen atoms in total. The van der Waals surface area contributed by atoms with Gasteiger partial charge in [-0.1, -0.05) is 77.6 Å². The Morgan fingerprint density at radius 3 is 2.44 bits per heavy atom. The van der Waals surface area contributed by atoms with Crippen molar-refractivity contribution in [1.82, 2.24) is 20.3 Å². The van der Waals surface area contributed by atoms with Crippen molar-refractivity contribution in [2.24, 2.45) is 5.73 Å². The zero-order chi connectivity index (χ0) is 23.5. The van der Waals surface area contributed by atoms with Crippen molar-refractivity contribution in [3.8, 4) is 0 Å². The molecule has 2 atom stereocenters. The minimum atomic E-state index is -0.608. The number of hydrogen-bond donors (Lipinski definition) is 2. The fourth-order valence-corrected chi connectivity index (χ4v) is 7.29. The van der Waals surface area contributed by atoms with Crippen molar-refractivity contribution in [2.75, 3.05) is 10.8 Å². The first kappa shape index (κ1) is 23.0. The van der Waals surface area contributed by atoms with Gasteiger partial charge in [0.15, 0.2) is 6.10 Å². The average Bonchev–Trinajstić information content (AvgIpc) is 3.41. The van der Waals surface area contributed by atoms with Gasteiger partial charge in [-0.05, 0) is 11.1 Å². The van der Waals surface area contributed by atoms with Crippen LogP contribution in [0.3, 0.4) is 0 Å². The zero-order valence-electron chi connectivity index (χ0n) is 17.9. The molecule has 1 fully saturated rings. The highest BCUT2D eigenvalue weighted by Crippen LogP contribution is 2.44. The molecule has 0 radical (unpaired) electrons. The molecule has 0 bridgehead atoms. The van der Waals surface area contributed by atoms with Gasteiger partial charge in [-0.25, -0.2) is 4.79 Å². The minimum Gasteiger partial charge on any atom is -0.448 e. The lowest BCUT2D eigenvalue weighted by molar-refractivity contribution is -0.152. The highest BCUT2D eigenvalue weighted by Gasteiger charge is 2.52. The number of esters is 1. The molecule has 0 saturated carbocycles. The Morgan fingerprint density at radius 1 is 1.15 bits per heavy atom. The molecule has 0 aliphatic carbocycles. The van der Waals surface area contributed by atoms with Crippen LogP contribution in [0, 0.1) is 0 Å². The second-order valence-corrected chi connectivity index (χ2v) is 11.1. The molecule has 2 aliphatic rings. The van der Waals surface area contributed by atoms with Crippen LogP contribution in [0.25, 0.3) is 0 Å². The summed E-state index contributed by atoms with van der Waals surface area (Å²) in [7, 11) is 0. The van der Waals surface area contributed by atoms with Crippen LogP contribution in [-0.4, -0.2) is 54.4 Å². The van der Waals surface area contributed by atoms with E-state index in [0.29, 0.717) is 16.5 Å². The number of ether oxygens (including phenoxy) is 1. The Balaban J connectivity index is 1.43. The minimum absolute atomic E-state index is 0.254. The first-order valence-corrected chi connectivity index (χ1v) is 13.5. The molecular formula is C23H21N5O3S3. The molecule has 1 aromatic heterocycles. The van der Waals surface area contributed by atoms with Crippen molar-refractivity contribution in [3.63, 3.8) is 0 Å². The lowest BCUT2D eigenvalue weighted by Crippen LogP contribution is -2.68. The van der Waals surface area contributed by atoms with Crippen LogP contribution in [0.5, 0.6) is 0 Å². The standard InChI is InChI=1S/C23H21N5O3S3/c24-18-21(29)28-19(16(12-32-22(18)28)33-13-34-17-11-25-27-26-17)23(30)31-20(14-7-3-1-4-8-14)15-9-5-2-6-10-15/h1-11,18,20,22H,12-13,24H2,(H,25,26,27)/t18?,22-/m1/s1. The van der Waals surface area contributed by atoms with Crippen LogP contribution in [0.1, 0.15) is 17.2 Å². The van der Waals surface area contributed by atoms with Gasteiger partial charge in [-0.3, -0.25) is 14.8 Å². The van der Waals surface area contributed by atoms with E-state index in [1.54, 1.807) is 18.0 Å². The second kappa shape index (κ2) is 10.3. The number of carbonyl (C=O) groups is 2. The summed E-state index contributed by atoms with van der Waals surface area (Å²) in [5.41, 5.74) is 8.02. The maximum atomic E-state index is 13.6. The number of β-lactam (4-membered cyclic amide) rings is 1. The maximum Gasteiger partial charge on any atom is 0.356 e. The first-order chi connectivity index (χ1) is 16.6. The van der Waals surface area contributed by atoms with Gasteiger partial charge in [0.1, 0.15) is 22.1 Å². The SMILES string of the molecule is NC1C(=O)N2C(C(=O)OC(c3ccccc3)c3ccccc3)=C(SCSc3cnn[nH]3)CS[C@H]12. The number of aromatic nitrogens is 3. The average molecular weight is 512 g/mol. The molecule has 3 heterocycles. The molecule has 1 saturated heterocycles. The molecule has 2 aliphatic heterocycles. The third kappa shape index (κ3) is 4.61. The van der Waals surface area contributed by atoms with E-state index in [0.717, 1.165) is 21.1 Å². The summed E-state index contributed by atoms with van der Waals surface area (Å²) in [6.45, 7) is 0. The van der Waals surface area contributed by atoms with Gasteiger partial charge in [0.2, 0.25) is 5.91 Å². The molecule has 3 N–H and O–H groups in total. The van der Waals surface area contributed by atoms with Crippen LogP contribution in [0.2, 0.25) is 0 Å². The summed E-state index contributed by atoms with van der Waals surface area (Å²) in [5.74, 6) is -0.206. The highest BCUT2D eigenvalue weighted by atomic mass is 32.2. The van der Waals surface area contributed by atoms with Crippen molar-refractivity contribution in [1.29, 1.82) is 0 Å². The molecule has 3 aromatic rings. The van der Waals surface area contributed by atoms with E-state index in [-0.39, 0.29) is 11.3 Å². The number of amides is 1. The van der Waals surface area contributed by atoms with E-state index in [1.807, 2.05) is 60.7 Å². The summed E-state index contributed by atoms with van der Waals surface area (Å²) in [4.78, 5) is 28.6. The smallest absolute Gasteiger partial charge is 0.356 e. The number of rotatable bonds is 8. The van der Waals surface area contributed by atoms with E-state index in [2.05, 4.69) is 15.4 Å². The monoisotopic (exact) mass is 511 g/mol. The van der Waals surface area contributed by atoms with Gasteiger partial charge < -0.3 is 10.5 Å². The molecule has 1 unspecified atom stereocenters. The van der Waals surface area contributed by atoms with E-state index in [9.17, 15) is 9.59 Å². The van der Waals surface area contributed by atoms with Gasteiger partial charge in [0.25, 0.3) is 0 Å². The van der Waals surface area contributed by atoms with Gasteiger partial charge in [0, 0.05) is 15.7 Å². The number of benzene rings is 2. The number of fused-ring (bicyclic) bond motifs is 1. The number of nitrogens with zero attached hydrogens (tertiary/aromatic N) is 3. The van der Waals surface area contributed by atoms with E-state index < -0.39 is 18.1 Å². The predicted octanol–water partition coefficient (Wildman–Crippen LogP) is 3.37. The van der Waals surface area contributed by atoms with Gasteiger partial charge in [-0.15, -0.1) is 28.6 Å². The fraction of sp³-hybridized carbons (Fsp3) is 0.217. The first-order valence-electron chi connectivity index (χ1n) is 10.5. The van der Waals surface area contributed by atoms with Gasteiger partial charge in [-0.2, -0.15) is 0 Å². The second-order valence-electron chi connectivity index (χ2n) is 7.54. The number of thioether (sulfide) groups is 3. The molecule has 2 aromatic carbocycles. The quantitative estimate of drug-likeness (QED) is 0.203. The normalized spacial score (nSPS) is 19.7. The topological polar surface area (TPSA) is 114 Å². The lowest BCUT2D eigenvalue weighted by atomic mass is 10.0. The van der Waals surface area contributed by atoms with Crippen LogP contribution < -0.4 is 5.73 Å². The largest absolute Gasteiger partial charge is 0.448 e. The Labute approximate surface area is 209 Å². The number of nitrogens with two attached hydrogens (primary N) is 1. The van der Waals surface area contributed by atoms with Crippen LogP contribution in [0.4, 0.5) is 0 Å². The van der Waals surface area contributed by atoms with E-state index in [1.165, 1.54) is 28.4 Å². The number of aromatic amines is 1. The van der Waals surface area contributed by atoms with Crippen LogP contribution in [-0.2, 0) is 14.3 Å². The number of H-pyrrole nitrogens is 1. The van der Waals surface area contributed by atoms with Crippen LogP contribution in [0.15, 0.2) is 82.5 Å². The Kier molecular flexibility index (Phi) is 6.95. The molecule has 174 valence electrons. The molecule has 5 rings (SSSR count). The third-order valence-corrected chi connectivity index (χ3v) is 9.06. The molecule has 34 heavy (non-hydrogen) atoms. The summed E-state index contributed by atoms with van der Waals surface area (Å²) in [5, 5.41) is 11.5. The summed E-state index contributed by atoms with van der Waals surface area (Å²) in [6.07, 6.45) is 1.04. The fourth-order valence-electron chi connectivity index (χ4n) is 3.76. The zero-order valence-corrected chi connectivity index (χ0v) is 20.3. The van der Waals surface area contributed by atoms with E-state index >= 15 is 0 Å². The van der Waals surface area contributed by atoms with Crippen molar-refractivity contribution in [3.05, 3.63) is 88.6 Å². The molecule has 0 spiro atoms. The summed E-state index contributed by atoms with van der Waals surface area (Å²) < 4.78 is 6.09. The van der Waals surface area contributed by atoms with Crippen molar-refractivity contribution >= 4 is 47.2 Å². The number of carbonyl (C=O) groups excluding carboxylic acids is 2. The Hall–Kier alpha value is -2.73. The predicted molar refractivity (Wildman–Crippen MR) is 134 cm³/mol. The van der Waals surface area contributed by atoms with Crippen molar-refractivity contribution < 1.29 is 14.3 Å². The summed E-state index contributed by atoms with van der Waals surface area (Å²) in [6, 6.07) is 18.6. The van der Waals surface area contributed by atoms with Crippen molar-refractivity contribution in [2.45, 2.75) is 22.5 Å². The number of nitrogens with one attached hydrogen (secondary N) is 1. The van der Waals surface area contributed by atoms with E-state index in [4.69, 9.17) is 10.5 Å². The van der Waals surface area contributed by atoms with Gasteiger partial charge in [0.05, 0.1) is 6.20 Å². The molecule has 1 amide bonds. The molecule has 11 heteroatoms. The maximum absolute atomic E-state index is 13.6. The molecular weight excluding hydrogens is 490 g/mol. The lowest BCUT2D eigenvalue weighted by Gasteiger charge is -2.48. The van der Waals surface area contributed by atoms with Gasteiger partial charge >= 0.3 is 5.97 Å².